The fourth-order valence-corrected chi connectivity index (χ4v) is 6.94. The summed E-state index contributed by atoms with van der Waals surface area (Å²) in [4.78, 5) is 9.93. The van der Waals surface area contributed by atoms with Crippen LogP contribution in [-0.2, 0) is 0 Å². The topological polar surface area (TPSA) is 28.6 Å². The summed E-state index contributed by atoms with van der Waals surface area (Å²) in [5, 5.41) is 5.05. The number of hydrogen-bond donors (Lipinski definition) is 0. The lowest BCUT2D eigenvalue weighted by Crippen LogP contribution is -2.51. The van der Waals surface area contributed by atoms with Crippen LogP contribution in [0.5, 0.6) is 5.75 Å². The molecule has 2 aliphatic rings. The van der Waals surface area contributed by atoms with Crippen LogP contribution in [0.1, 0.15) is 37.2 Å². The molecule has 170 valence electrons. The molecule has 1 saturated carbocycles. The predicted molar refractivity (Wildman–Crippen MR) is 139 cm³/mol. The van der Waals surface area contributed by atoms with E-state index in [2.05, 4.69) is 62.6 Å². The first-order valence-corrected chi connectivity index (χ1v) is 13.1. The van der Waals surface area contributed by atoms with Gasteiger partial charge in [-0.25, -0.2) is 0 Å². The van der Waals surface area contributed by atoms with Crippen LogP contribution in [-0.4, -0.2) is 49.2 Å². The van der Waals surface area contributed by atoms with E-state index in [1.807, 2.05) is 23.6 Å². The molecule has 1 saturated heterocycles. The second-order valence-electron chi connectivity index (χ2n) is 9.44. The minimum Gasteiger partial charge on any atom is -0.497 e. The maximum atomic E-state index is 5.57. The van der Waals surface area contributed by atoms with E-state index in [0.717, 1.165) is 54.8 Å². The summed E-state index contributed by atoms with van der Waals surface area (Å²) in [7, 11) is 1.74. The summed E-state index contributed by atoms with van der Waals surface area (Å²) < 4.78 is 7.01. The molecule has 0 spiro atoms. The highest BCUT2D eigenvalue weighted by atomic mass is 32.1. The number of piperazine rings is 1. The highest BCUT2D eigenvalue weighted by Gasteiger charge is 2.30. The molecule has 0 N–H and O–H groups in total. The molecule has 4 nitrogen and oxygen atoms in total. The van der Waals surface area contributed by atoms with Crippen molar-refractivity contribution in [3.05, 3.63) is 65.7 Å². The average Bonchev–Trinajstić information content (AvgIpc) is 3.32. The molecule has 4 aromatic rings. The largest absolute Gasteiger partial charge is 0.497 e. The lowest BCUT2D eigenvalue weighted by atomic mass is 9.81. The van der Waals surface area contributed by atoms with Crippen LogP contribution < -0.4 is 9.64 Å². The van der Waals surface area contributed by atoms with Crippen molar-refractivity contribution in [3.8, 4) is 5.75 Å². The number of methoxy groups -OCH3 is 1. The zero-order valence-corrected chi connectivity index (χ0v) is 20.1. The highest BCUT2D eigenvalue weighted by Crippen LogP contribution is 2.40. The Labute approximate surface area is 199 Å². The first-order valence-electron chi connectivity index (χ1n) is 12.2. The Balaban J connectivity index is 1.11. The summed E-state index contributed by atoms with van der Waals surface area (Å²) in [5.41, 5.74) is 3.88. The Morgan fingerprint density at radius 2 is 1.76 bits per heavy atom. The molecule has 0 atom stereocenters. The van der Waals surface area contributed by atoms with E-state index in [1.165, 1.54) is 41.5 Å². The fraction of sp³-hybridized carbons (Fsp3) is 0.393. The van der Waals surface area contributed by atoms with Crippen molar-refractivity contribution in [2.24, 2.45) is 0 Å². The number of fused-ring (bicyclic) bond motifs is 2. The van der Waals surface area contributed by atoms with Crippen molar-refractivity contribution in [1.29, 1.82) is 0 Å². The molecule has 6 rings (SSSR count). The molecule has 0 unspecified atom stereocenters. The van der Waals surface area contributed by atoms with Crippen LogP contribution in [0.3, 0.4) is 0 Å². The lowest BCUT2D eigenvalue weighted by Gasteiger charge is -2.42. The van der Waals surface area contributed by atoms with Crippen LogP contribution in [0, 0.1) is 0 Å². The van der Waals surface area contributed by atoms with Crippen molar-refractivity contribution in [2.45, 2.75) is 37.6 Å². The van der Waals surface area contributed by atoms with Gasteiger partial charge in [0.05, 0.1) is 18.3 Å². The molecule has 2 aromatic heterocycles. The number of pyridine rings is 1. The maximum Gasteiger partial charge on any atom is 0.121 e. The third-order valence-electron chi connectivity index (χ3n) is 7.71. The average molecular weight is 458 g/mol. The normalized spacial score (nSPS) is 22.2. The quantitative estimate of drug-likeness (QED) is 0.359. The number of anilines is 1. The van der Waals surface area contributed by atoms with Gasteiger partial charge in [-0.3, -0.25) is 9.88 Å². The lowest BCUT2D eigenvalue weighted by molar-refractivity contribution is 0.141. The fourth-order valence-electron chi connectivity index (χ4n) is 5.90. The van der Waals surface area contributed by atoms with Gasteiger partial charge >= 0.3 is 0 Å². The molecule has 1 aliphatic heterocycles. The van der Waals surface area contributed by atoms with Gasteiger partial charge in [-0.05, 0) is 66.1 Å². The standard InChI is InChI=1S/C28H31N3OS/c1-32-23-17-21-5-4-12-29-28(21)26(18-23)31-15-13-30(14-16-31)22-10-8-20(9-11-22)25-19-33-27-7-3-2-6-24(25)27/h2-7,12,17-20,22H,8-11,13-16H2,1H3. The van der Waals surface area contributed by atoms with Gasteiger partial charge in [-0.15, -0.1) is 11.3 Å². The monoisotopic (exact) mass is 457 g/mol. The summed E-state index contributed by atoms with van der Waals surface area (Å²) in [6, 6.07) is 18.0. The van der Waals surface area contributed by atoms with Crippen molar-refractivity contribution in [2.75, 3.05) is 38.2 Å². The smallest absolute Gasteiger partial charge is 0.121 e. The second-order valence-corrected chi connectivity index (χ2v) is 10.3. The number of thiophene rings is 1. The summed E-state index contributed by atoms with van der Waals surface area (Å²) in [5.74, 6) is 1.64. The number of hydrogen-bond acceptors (Lipinski definition) is 5. The van der Waals surface area contributed by atoms with Crippen LogP contribution in [0.4, 0.5) is 5.69 Å². The predicted octanol–water partition coefficient (Wildman–Crippen LogP) is 6.31. The van der Waals surface area contributed by atoms with E-state index in [-0.39, 0.29) is 0 Å². The van der Waals surface area contributed by atoms with E-state index in [1.54, 1.807) is 12.7 Å². The first-order chi connectivity index (χ1) is 16.3. The minimum atomic E-state index is 0.730. The van der Waals surface area contributed by atoms with Crippen LogP contribution in [0.2, 0.25) is 0 Å². The Morgan fingerprint density at radius 1 is 0.939 bits per heavy atom. The molecule has 0 bridgehead atoms. The molecule has 33 heavy (non-hydrogen) atoms. The number of rotatable bonds is 4. The maximum absolute atomic E-state index is 5.57. The van der Waals surface area contributed by atoms with Crippen molar-refractivity contribution in [3.63, 3.8) is 0 Å². The number of ether oxygens (including phenoxy) is 1. The van der Waals surface area contributed by atoms with Gasteiger partial charge < -0.3 is 9.64 Å². The number of aromatic nitrogens is 1. The minimum absolute atomic E-state index is 0.730. The molecule has 5 heteroatoms. The van der Waals surface area contributed by atoms with Gasteiger partial charge in [0.25, 0.3) is 0 Å². The Hall–Kier alpha value is -2.63. The van der Waals surface area contributed by atoms with Crippen molar-refractivity contribution in [1.82, 2.24) is 9.88 Å². The Bertz CT molecular complexity index is 1250. The van der Waals surface area contributed by atoms with Gasteiger partial charge in [0, 0.05) is 54.6 Å². The SMILES string of the molecule is COc1cc(N2CCN(C3CCC(c4csc5ccccc45)CC3)CC2)c2ncccc2c1. The van der Waals surface area contributed by atoms with Crippen molar-refractivity contribution >= 4 is 38.0 Å². The number of nitrogens with zero attached hydrogens (tertiary/aromatic N) is 3. The number of benzene rings is 2. The van der Waals surface area contributed by atoms with Crippen molar-refractivity contribution < 1.29 is 4.74 Å². The molecule has 1 aliphatic carbocycles. The first kappa shape index (κ1) is 20.9. The molecule has 2 aromatic carbocycles. The summed E-state index contributed by atoms with van der Waals surface area (Å²) in [6.45, 7) is 4.35. The van der Waals surface area contributed by atoms with Gasteiger partial charge in [0.1, 0.15) is 5.75 Å². The highest BCUT2D eigenvalue weighted by molar-refractivity contribution is 7.17. The van der Waals surface area contributed by atoms with Gasteiger partial charge in [0.15, 0.2) is 0 Å². The summed E-state index contributed by atoms with van der Waals surface area (Å²) >= 11 is 1.91. The van der Waals surface area contributed by atoms with E-state index in [0.29, 0.717) is 0 Å². The molecule has 2 fully saturated rings. The van der Waals surface area contributed by atoms with E-state index >= 15 is 0 Å². The second kappa shape index (κ2) is 8.96. The molecular formula is C28H31N3OS. The zero-order chi connectivity index (χ0) is 22.2. The molecule has 0 amide bonds. The van der Waals surface area contributed by atoms with Crippen LogP contribution >= 0.6 is 11.3 Å². The zero-order valence-electron chi connectivity index (χ0n) is 19.2. The summed E-state index contributed by atoms with van der Waals surface area (Å²) in [6.07, 6.45) is 7.16. The van der Waals surface area contributed by atoms with E-state index < -0.39 is 0 Å². The molecule has 3 heterocycles. The Kier molecular flexibility index (Phi) is 5.68. The van der Waals surface area contributed by atoms with Gasteiger partial charge in [-0.1, -0.05) is 24.3 Å². The van der Waals surface area contributed by atoms with Crippen LogP contribution in [0.15, 0.2) is 60.1 Å². The van der Waals surface area contributed by atoms with Crippen LogP contribution in [0.25, 0.3) is 21.0 Å². The Morgan fingerprint density at radius 3 is 2.58 bits per heavy atom. The molecular weight excluding hydrogens is 426 g/mol. The molecule has 0 radical (unpaired) electrons. The van der Waals surface area contributed by atoms with E-state index in [4.69, 9.17) is 4.74 Å². The van der Waals surface area contributed by atoms with E-state index in [9.17, 15) is 0 Å². The van der Waals surface area contributed by atoms with Gasteiger partial charge in [-0.2, -0.15) is 0 Å². The third-order valence-corrected chi connectivity index (χ3v) is 8.69. The third kappa shape index (κ3) is 3.98. The van der Waals surface area contributed by atoms with Gasteiger partial charge in [0.2, 0.25) is 0 Å².